The van der Waals surface area contributed by atoms with Crippen LogP contribution in [0.4, 0.5) is 11.6 Å². The summed E-state index contributed by atoms with van der Waals surface area (Å²) in [6, 6.07) is 6.51. The molecule has 1 saturated heterocycles. The van der Waals surface area contributed by atoms with E-state index in [-0.39, 0.29) is 6.10 Å². The van der Waals surface area contributed by atoms with Crippen LogP contribution < -0.4 is 14.8 Å². The van der Waals surface area contributed by atoms with Gasteiger partial charge in [0.05, 0.1) is 49.9 Å². The molecule has 1 aliphatic heterocycles. The molecular weight excluding hydrogens is 636 g/mol. The Morgan fingerprint density at radius 1 is 1.04 bits per heavy atom. The predicted octanol–water partition coefficient (Wildman–Crippen LogP) is 4.28. The second kappa shape index (κ2) is 15.1. The Kier molecular flexibility index (Phi) is 10.1. The number of hydrogen-bond acceptors (Lipinski definition) is 12. The van der Waals surface area contributed by atoms with Crippen molar-refractivity contribution >= 4 is 23.2 Å². The number of ether oxygens (including phenoxy) is 3. The van der Waals surface area contributed by atoms with Crippen LogP contribution in [-0.2, 0) is 17.8 Å². The monoisotopic (exact) mass is 674 g/mol. The second-order valence-electron chi connectivity index (χ2n) is 12.1. The summed E-state index contributed by atoms with van der Waals surface area (Å²) < 4.78 is 23.5. The highest BCUT2D eigenvalue weighted by atomic mass is 35.5. The van der Waals surface area contributed by atoms with Gasteiger partial charge in [-0.1, -0.05) is 17.7 Å². The van der Waals surface area contributed by atoms with Gasteiger partial charge in [-0.25, -0.2) is 19.6 Å². The SMILES string of the molecule is C[C@@H](Cn1cnnn1)Oc1cc(-c2cnc(Nc3cn(C4CCC(N5CCOCC5)CC4)nc3OCCn3ccnc3)nc2)ccc1Cl. The first-order chi connectivity index (χ1) is 23.6. The molecule has 1 atom stereocenters. The number of halogens is 1. The zero-order chi connectivity index (χ0) is 32.7. The fourth-order valence-corrected chi connectivity index (χ4v) is 6.43. The van der Waals surface area contributed by atoms with Crippen molar-refractivity contribution in [3.63, 3.8) is 0 Å². The summed E-state index contributed by atoms with van der Waals surface area (Å²) in [5.41, 5.74) is 2.42. The fourth-order valence-electron chi connectivity index (χ4n) is 6.27. The topological polar surface area (TPSA) is 148 Å². The van der Waals surface area contributed by atoms with E-state index in [0.29, 0.717) is 54.4 Å². The average molecular weight is 675 g/mol. The summed E-state index contributed by atoms with van der Waals surface area (Å²) in [6.07, 6.45) is 16.7. The molecule has 16 heteroatoms. The van der Waals surface area contributed by atoms with Gasteiger partial charge in [0.2, 0.25) is 5.95 Å². The highest BCUT2D eigenvalue weighted by molar-refractivity contribution is 6.32. The first-order valence-corrected chi connectivity index (χ1v) is 16.7. The quantitative estimate of drug-likeness (QED) is 0.190. The van der Waals surface area contributed by atoms with Gasteiger partial charge >= 0.3 is 0 Å². The molecule has 1 aromatic carbocycles. The molecule has 1 aliphatic carbocycles. The number of tetrazole rings is 1. The molecule has 4 aromatic heterocycles. The molecule has 48 heavy (non-hydrogen) atoms. The molecule has 0 spiro atoms. The van der Waals surface area contributed by atoms with Crippen molar-refractivity contribution in [1.82, 2.24) is 54.4 Å². The zero-order valence-corrected chi connectivity index (χ0v) is 27.6. The van der Waals surface area contributed by atoms with Crippen LogP contribution in [0.1, 0.15) is 38.6 Å². The second-order valence-corrected chi connectivity index (χ2v) is 12.5. The van der Waals surface area contributed by atoms with E-state index >= 15 is 0 Å². The van der Waals surface area contributed by atoms with Crippen LogP contribution in [-0.4, -0.2) is 99.5 Å². The summed E-state index contributed by atoms with van der Waals surface area (Å²) in [6.45, 7) is 7.22. The van der Waals surface area contributed by atoms with Crippen molar-refractivity contribution in [3.8, 4) is 22.8 Å². The van der Waals surface area contributed by atoms with Gasteiger partial charge in [0.25, 0.3) is 5.88 Å². The minimum Gasteiger partial charge on any atom is -0.487 e. The number of aromatic nitrogens is 10. The number of nitrogens with zero attached hydrogens (tertiary/aromatic N) is 11. The minimum atomic E-state index is -0.207. The molecule has 0 bridgehead atoms. The van der Waals surface area contributed by atoms with Gasteiger partial charge < -0.3 is 24.1 Å². The Labute approximate surface area is 283 Å². The maximum absolute atomic E-state index is 6.46. The van der Waals surface area contributed by atoms with E-state index in [1.54, 1.807) is 42.0 Å². The van der Waals surface area contributed by atoms with E-state index in [1.807, 2.05) is 36.0 Å². The first kappa shape index (κ1) is 32.0. The lowest BCUT2D eigenvalue weighted by molar-refractivity contribution is 0.00503. The van der Waals surface area contributed by atoms with Crippen LogP contribution in [0.5, 0.6) is 11.6 Å². The lowest BCUT2D eigenvalue weighted by Crippen LogP contribution is -2.45. The number of nitrogens with one attached hydrogen (secondary N) is 1. The van der Waals surface area contributed by atoms with E-state index in [2.05, 4.69) is 45.4 Å². The largest absolute Gasteiger partial charge is 0.487 e. The van der Waals surface area contributed by atoms with E-state index in [4.69, 9.17) is 30.9 Å². The average Bonchev–Trinajstić information content (AvgIpc) is 3.91. The number of anilines is 2. The van der Waals surface area contributed by atoms with Crippen molar-refractivity contribution in [3.05, 3.63) is 66.9 Å². The number of morpholine rings is 1. The number of hydrogen-bond donors (Lipinski definition) is 1. The van der Waals surface area contributed by atoms with Gasteiger partial charge in [-0.05, 0) is 60.7 Å². The summed E-state index contributed by atoms with van der Waals surface area (Å²) in [4.78, 5) is 15.9. The summed E-state index contributed by atoms with van der Waals surface area (Å²) in [7, 11) is 0. The Hall–Kier alpha value is -4.60. The number of benzene rings is 1. The lowest BCUT2D eigenvalue weighted by atomic mass is 9.90. The van der Waals surface area contributed by atoms with Crippen molar-refractivity contribution in [2.45, 2.75) is 63.9 Å². The summed E-state index contributed by atoms with van der Waals surface area (Å²) in [5.74, 6) is 1.52. The van der Waals surface area contributed by atoms with Gasteiger partial charge in [0.15, 0.2) is 0 Å². The van der Waals surface area contributed by atoms with Gasteiger partial charge in [-0.3, -0.25) is 9.58 Å². The maximum Gasteiger partial charge on any atom is 0.257 e. The molecule has 1 N–H and O–H groups in total. The molecule has 0 unspecified atom stereocenters. The standard InChI is InChI=1S/C32H39ClN12O3/c1-23(19-44-22-37-40-41-44)48-30-16-24(2-7-28(30)33)25-17-35-32(36-18-25)38-29-20-45(39-31(29)47-15-10-42-9-8-34-21-42)27-5-3-26(4-6-27)43-11-13-46-14-12-43/h2,7-9,16-18,20-23,26-27H,3-6,10-15,19H2,1H3,(H,35,36,38)/t23-,26?,27?/m0/s1. The van der Waals surface area contributed by atoms with Crippen molar-refractivity contribution < 1.29 is 14.2 Å². The molecule has 5 aromatic rings. The first-order valence-electron chi connectivity index (χ1n) is 16.3. The third kappa shape index (κ3) is 7.91. The Bertz CT molecular complexity index is 1720. The molecule has 2 aliphatic rings. The molecule has 0 amide bonds. The van der Waals surface area contributed by atoms with Gasteiger partial charge in [-0.15, -0.1) is 10.2 Å². The van der Waals surface area contributed by atoms with Crippen LogP contribution in [0.2, 0.25) is 5.02 Å². The predicted molar refractivity (Wildman–Crippen MR) is 177 cm³/mol. The van der Waals surface area contributed by atoms with Crippen LogP contribution in [0.15, 0.2) is 61.8 Å². The third-order valence-corrected chi connectivity index (χ3v) is 9.09. The Balaban J connectivity index is 1.03. The van der Waals surface area contributed by atoms with Gasteiger partial charge in [-0.2, -0.15) is 0 Å². The van der Waals surface area contributed by atoms with Crippen molar-refractivity contribution in [1.29, 1.82) is 0 Å². The molecular formula is C32H39ClN12O3. The molecule has 2 fully saturated rings. The van der Waals surface area contributed by atoms with Crippen LogP contribution in [0.25, 0.3) is 11.1 Å². The molecule has 15 nitrogen and oxygen atoms in total. The lowest BCUT2D eigenvalue weighted by Gasteiger charge is -2.38. The molecule has 0 radical (unpaired) electrons. The molecule has 1 saturated carbocycles. The van der Waals surface area contributed by atoms with Crippen molar-refractivity contribution in [2.24, 2.45) is 0 Å². The highest BCUT2D eigenvalue weighted by Gasteiger charge is 2.29. The number of imidazole rings is 1. The highest BCUT2D eigenvalue weighted by Crippen LogP contribution is 2.35. The van der Waals surface area contributed by atoms with Crippen LogP contribution in [0, 0.1) is 0 Å². The van der Waals surface area contributed by atoms with E-state index < -0.39 is 0 Å². The van der Waals surface area contributed by atoms with Gasteiger partial charge in [0, 0.05) is 49.5 Å². The summed E-state index contributed by atoms with van der Waals surface area (Å²) in [5, 5.41) is 20.0. The Morgan fingerprint density at radius 3 is 2.60 bits per heavy atom. The summed E-state index contributed by atoms with van der Waals surface area (Å²) >= 11 is 6.46. The third-order valence-electron chi connectivity index (χ3n) is 8.77. The molecule has 252 valence electrons. The van der Waals surface area contributed by atoms with E-state index in [9.17, 15) is 0 Å². The normalized spacial score (nSPS) is 19.2. The van der Waals surface area contributed by atoms with Crippen LogP contribution in [0.3, 0.4) is 0 Å². The molecule has 5 heterocycles. The molecule has 7 rings (SSSR count). The zero-order valence-electron chi connectivity index (χ0n) is 26.8. The van der Waals surface area contributed by atoms with E-state index in [0.717, 1.165) is 68.8 Å². The number of rotatable bonds is 13. The maximum atomic E-state index is 6.46. The minimum absolute atomic E-state index is 0.207. The van der Waals surface area contributed by atoms with Crippen LogP contribution >= 0.6 is 11.6 Å². The Morgan fingerprint density at radius 2 is 1.85 bits per heavy atom. The van der Waals surface area contributed by atoms with E-state index in [1.165, 1.54) is 0 Å². The van der Waals surface area contributed by atoms with Gasteiger partial charge in [0.1, 0.15) is 30.5 Å². The van der Waals surface area contributed by atoms with Crippen molar-refractivity contribution in [2.75, 3.05) is 38.2 Å². The fraction of sp³-hybridized carbons (Fsp3) is 0.469. The smallest absolute Gasteiger partial charge is 0.257 e.